The van der Waals surface area contributed by atoms with Crippen LogP contribution in [0.4, 0.5) is 4.79 Å². The summed E-state index contributed by atoms with van der Waals surface area (Å²) in [5, 5.41) is 14.1. The highest BCUT2D eigenvalue weighted by Crippen LogP contribution is 2.34. The zero-order valence-electron chi connectivity index (χ0n) is 12.5. The van der Waals surface area contributed by atoms with Crippen LogP contribution in [0.2, 0.25) is 0 Å². The van der Waals surface area contributed by atoms with Crippen molar-refractivity contribution in [3.8, 4) is 0 Å². The number of urea groups is 1. The number of carbonyl (C=O) groups is 3. The number of aliphatic carboxylic acids is 1. The average molecular weight is 299 g/mol. The molecule has 1 rings (SSSR count). The van der Waals surface area contributed by atoms with Gasteiger partial charge in [0.1, 0.15) is 6.04 Å². The lowest BCUT2D eigenvalue weighted by molar-refractivity contribution is -0.139. The summed E-state index contributed by atoms with van der Waals surface area (Å²) in [7, 11) is 0. The summed E-state index contributed by atoms with van der Waals surface area (Å²) >= 11 is 0. The van der Waals surface area contributed by atoms with Gasteiger partial charge in [-0.05, 0) is 24.7 Å². The van der Waals surface area contributed by atoms with Gasteiger partial charge in [0.25, 0.3) is 0 Å². The van der Waals surface area contributed by atoms with Crippen molar-refractivity contribution in [1.29, 1.82) is 0 Å². The fourth-order valence-corrected chi connectivity index (χ4v) is 2.63. The predicted octanol–water partition coefficient (Wildman–Crippen LogP) is 0.975. The number of carbonyl (C=O) groups excluding carboxylic acids is 2. The van der Waals surface area contributed by atoms with Crippen LogP contribution in [0.15, 0.2) is 0 Å². The number of rotatable bonds is 7. The van der Waals surface area contributed by atoms with Crippen molar-refractivity contribution in [2.45, 2.75) is 57.9 Å². The molecule has 120 valence electrons. The second-order valence-corrected chi connectivity index (χ2v) is 6.09. The molecule has 0 radical (unpaired) electrons. The van der Waals surface area contributed by atoms with Gasteiger partial charge in [-0.3, -0.25) is 4.79 Å². The zero-order chi connectivity index (χ0) is 15.9. The fraction of sp³-hybridized carbons (Fsp3) is 0.786. The van der Waals surface area contributed by atoms with E-state index in [0.29, 0.717) is 6.54 Å². The van der Waals surface area contributed by atoms with Crippen LogP contribution in [-0.2, 0) is 9.59 Å². The topological polar surface area (TPSA) is 122 Å². The highest BCUT2D eigenvalue weighted by Gasteiger charge is 2.28. The number of primary amides is 1. The van der Waals surface area contributed by atoms with Crippen molar-refractivity contribution in [3.05, 3.63) is 0 Å². The highest BCUT2D eigenvalue weighted by atomic mass is 16.4. The molecule has 0 aromatic rings. The van der Waals surface area contributed by atoms with Gasteiger partial charge in [0, 0.05) is 13.0 Å². The lowest BCUT2D eigenvalue weighted by Gasteiger charge is -2.33. The summed E-state index contributed by atoms with van der Waals surface area (Å²) in [4.78, 5) is 33.5. The molecule has 0 aliphatic heterocycles. The quantitative estimate of drug-likeness (QED) is 0.559. The monoisotopic (exact) mass is 299 g/mol. The van der Waals surface area contributed by atoms with Gasteiger partial charge in [0.05, 0.1) is 0 Å². The van der Waals surface area contributed by atoms with Crippen LogP contribution in [0, 0.1) is 5.41 Å². The lowest BCUT2D eigenvalue weighted by Crippen LogP contribution is -2.48. The standard InChI is InChI=1S/C14H25N3O4/c1-14(7-3-2-4-8-14)9-16-13(21)17-10(12(19)20)5-6-11(15)18/h10H,2-9H2,1H3,(H2,15,18)(H,19,20)(H2,16,17,21). The average Bonchev–Trinajstić information content (AvgIpc) is 2.41. The van der Waals surface area contributed by atoms with E-state index < -0.39 is 23.9 Å². The molecule has 0 aromatic heterocycles. The largest absolute Gasteiger partial charge is 0.480 e. The van der Waals surface area contributed by atoms with Gasteiger partial charge in [0.2, 0.25) is 5.91 Å². The summed E-state index contributed by atoms with van der Waals surface area (Å²) in [6, 6.07) is -1.62. The molecule has 5 N–H and O–H groups in total. The Morgan fingerprint density at radius 1 is 1.24 bits per heavy atom. The summed E-state index contributed by atoms with van der Waals surface area (Å²) in [6.45, 7) is 2.66. The number of carboxylic acid groups (broad SMARTS) is 1. The number of nitrogens with one attached hydrogen (secondary N) is 2. The van der Waals surface area contributed by atoms with E-state index in [2.05, 4.69) is 17.6 Å². The van der Waals surface area contributed by atoms with Crippen molar-refractivity contribution in [2.24, 2.45) is 11.1 Å². The molecule has 21 heavy (non-hydrogen) atoms. The minimum Gasteiger partial charge on any atom is -0.480 e. The molecule has 0 spiro atoms. The van der Waals surface area contributed by atoms with Crippen LogP contribution in [0.3, 0.4) is 0 Å². The number of hydrogen-bond acceptors (Lipinski definition) is 3. The second kappa shape index (κ2) is 7.85. The van der Waals surface area contributed by atoms with Crippen molar-refractivity contribution in [2.75, 3.05) is 6.54 Å². The van der Waals surface area contributed by atoms with Crippen LogP contribution in [0.25, 0.3) is 0 Å². The maximum absolute atomic E-state index is 11.8. The van der Waals surface area contributed by atoms with E-state index in [-0.39, 0.29) is 18.3 Å². The molecule has 0 heterocycles. The second-order valence-electron chi connectivity index (χ2n) is 6.09. The summed E-state index contributed by atoms with van der Waals surface area (Å²) in [5.41, 5.74) is 5.07. The van der Waals surface area contributed by atoms with Crippen molar-refractivity contribution >= 4 is 17.9 Å². The Kier molecular flexibility index (Phi) is 6.45. The molecule has 0 saturated heterocycles. The van der Waals surface area contributed by atoms with E-state index in [1.807, 2.05) is 0 Å². The molecule has 7 nitrogen and oxygen atoms in total. The van der Waals surface area contributed by atoms with Crippen LogP contribution < -0.4 is 16.4 Å². The number of nitrogens with two attached hydrogens (primary N) is 1. The molecule has 1 aliphatic rings. The predicted molar refractivity (Wildman–Crippen MR) is 77.6 cm³/mol. The molecule has 7 heteroatoms. The molecule has 1 fully saturated rings. The third kappa shape index (κ3) is 6.46. The molecular formula is C14H25N3O4. The van der Waals surface area contributed by atoms with Crippen molar-refractivity contribution < 1.29 is 19.5 Å². The molecular weight excluding hydrogens is 274 g/mol. The van der Waals surface area contributed by atoms with E-state index in [9.17, 15) is 14.4 Å². The Morgan fingerprint density at radius 2 is 1.86 bits per heavy atom. The summed E-state index contributed by atoms with van der Waals surface area (Å²) < 4.78 is 0. The van der Waals surface area contributed by atoms with E-state index in [4.69, 9.17) is 10.8 Å². The zero-order valence-corrected chi connectivity index (χ0v) is 12.5. The summed E-state index contributed by atoms with van der Waals surface area (Å²) in [5.74, 6) is -1.76. The summed E-state index contributed by atoms with van der Waals surface area (Å²) in [6.07, 6.45) is 5.61. The van der Waals surface area contributed by atoms with Crippen LogP contribution in [0.1, 0.15) is 51.9 Å². The van der Waals surface area contributed by atoms with Crippen molar-refractivity contribution in [1.82, 2.24) is 10.6 Å². The molecule has 3 amide bonds. The molecule has 1 aliphatic carbocycles. The maximum Gasteiger partial charge on any atom is 0.326 e. The van der Waals surface area contributed by atoms with Crippen LogP contribution in [0.5, 0.6) is 0 Å². The SMILES string of the molecule is CC1(CNC(=O)NC(CCC(N)=O)C(=O)O)CCCCC1. The van der Waals surface area contributed by atoms with Gasteiger partial charge in [-0.1, -0.05) is 26.2 Å². The molecule has 0 aromatic carbocycles. The van der Waals surface area contributed by atoms with Crippen LogP contribution >= 0.6 is 0 Å². The third-order valence-electron chi connectivity index (χ3n) is 4.02. The Labute approximate surface area is 124 Å². The Balaban J connectivity index is 2.39. The molecule has 1 atom stereocenters. The smallest absolute Gasteiger partial charge is 0.326 e. The van der Waals surface area contributed by atoms with E-state index >= 15 is 0 Å². The first-order valence-electron chi connectivity index (χ1n) is 7.38. The lowest BCUT2D eigenvalue weighted by atomic mass is 9.76. The Bertz CT molecular complexity index is 392. The molecule has 0 bridgehead atoms. The van der Waals surface area contributed by atoms with Crippen molar-refractivity contribution in [3.63, 3.8) is 0 Å². The van der Waals surface area contributed by atoms with E-state index in [1.165, 1.54) is 6.42 Å². The van der Waals surface area contributed by atoms with Gasteiger partial charge in [-0.2, -0.15) is 0 Å². The van der Waals surface area contributed by atoms with Gasteiger partial charge in [-0.15, -0.1) is 0 Å². The highest BCUT2D eigenvalue weighted by molar-refractivity contribution is 5.83. The number of amides is 3. The Morgan fingerprint density at radius 3 is 2.38 bits per heavy atom. The molecule has 1 saturated carbocycles. The Hall–Kier alpha value is -1.79. The fourth-order valence-electron chi connectivity index (χ4n) is 2.63. The van der Waals surface area contributed by atoms with Gasteiger partial charge < -0.3 is 21.5 Å². The number of carboxylic acids is 1. The van der Waals surface area contributed by atoms with E-state index in [1.54, 1.807) is 0 Å². The van der Waals surface area contributed by atoms with Crippen LogP contribution in [-0.4, -0.2) is 35.6 Å². The third-order valence-corrected chi connectivity index (χ3v) is 4.02. The number of hydrogen-bond donors (Lipinski definition) is 4. The molecule has 1 unspecified atom stereocenters. The normalized spacial score (nSPS) is 18.5. The first kappa shape index (κ1) is 17.3. The van der Waals surface area contributed by atoms with E-state index in [0.717, 1.165) is 25.7 Å². The van der Waals surface area contributed by atoms with Gasteiger partial charge in [-0.25, -0.2) is 9.59 Å². The minimum absolute atomic E-state index is 0.00461. The first-order chi connectivity index (χ1) is 9.82. The minimum atomic E-state index is -1.17. The van der Waals surface area contributed by atoms with Gasteiger partial charge in [0.15, 0.2) is 0 Å². The first-order valence-corrected chi connectivity index (χ1v) is 7.38. The maximum atomic E-state index is 11.8. The van der Waals surface area contributed by atoms with Gasteiger partial charge >= 0.3 is 12.0 Å².